The van der Waals surface area contributed by atoms with Gasteiger partial charge in [0.1, 0.15) is 10.7 Å². The lowest BCUT2D eigenvalue weighted by Crippen LogP contribution is -2.43. The van der Waals surface area contributed by atoms with Crippen molar-refractivity contribution in [2.45, 2.75) is 18.1 Å². The van der Waals surface area contributed by atoms with Crippen LogP contribution in [0.5, 0.6) is 0 Å². The number of hydrogen-bond donors (Lipinski definition) is 2. The highest BCUT2D eigenvalue weighted by molar-refractivity contribution is 7.13. The molecule has 1 aromatic carbocycles. The van der Waals surface area contributed by atoms with Gasteiger partial charge in [0.25, 0.3) is 5.91 Å². The Morgan fingerprint density at radius 1 is 1.24 bits per heavy atom. The molecule has 2 aliphatic heterocycles. The van der Waals surface area contributed by atoms with E-state index in [4.69, 9.17) is 9.72 Å². The highest BCUT2D eigenvalue weighted by Gasteiger charge is 2.45. The van der Waals surface area contributed by atoms with Gasteiger partial charge in [-0.25, -0.2) is 15.0 Å². The number of rotatable bonds is 6. The molecule has 3 aromatic rings. The van der Waals surface area contributed by atoms with Crippen LogP contribution in [0.2, 0.25) is 0 Å². The third-order valence-corrected chi connectivity index (χ3v) is 7.24. The molecule has 1 amide bonds. The van der Waals surface area contributed by atoms with E-state index in [9.17, 15) is 9.90 Å². The Morgan fingerprint density at radius 3 is 2.91 bits per heavy atom. The number of likely N-dealkylation sites (N-methyl/N-ethyl adjacent to an activating group) is 2. The first-order chi connectivity index (χ1) is 16.4. The summed E-state index contributed by atoms with van der Waals surface area (Å²) in [6, 6.07) is 9.28. The van der Waals surface area contributed by atoms with Gasteiger partial charge in [0.05, 0.1) is 18.4 Å². The molecule has 5 rings (SSSR count). The number of hydrogen-bond acceptors (Lipinski definition) is 9. The van der Waals surface area contributed by atoms with Gasteiger partial charge in [-0.15, -0.1) is 11.3 Å². The Hall–Kier alpha value is -2.92. The van der Waals surface area contributed by atoms with E-state index in [0.29, 0.717) is 31.0 Å². The largest absolute Gasteiger partial charge is 0.375 e. The SMILES string of the molecule is CN1CCOC(CNc2nccc(-c3csc(-c4cccc(C5(O)CCN(C)C5=O)c4)n3)n2)C1. The first kappa shape index (κ1) is 22.9. The topological polar surface area (TPSA) is 104 Å². The van der Waals surface area contributed by atoms with Gasteiger partial charge in [-0.1, -0.05) is 18.2 Å². The molecule has 2 fully saturated rings. The number of thiazole rings is 1. The molecule has 2 saturated heterocycles. The normalized spacial score (nSPS) is 23.4. The number of anilines is 1. The van der Waals surface area contributed by atoms with Crippen molar-refractivity contribution in [1.82, 2.24) is 24.8 Å². The Morgan fingerprint density at radius 2 is 2.12 bits per heavy atom. The number of aromatic nitrogens is 3. The van der Waals surface area contributed by atoms with Gasteiger partial charge in [0.2, 0.25) is 5.95 Å². The van der Waals surface area contributed by atoms with Crippen LogP contribution in [0, 0.1) is 0 Å². The molecule has 2 atom stereocenters. The van der Waals surface area contributed by atoms with E-state index in [1.54, 1.807) is 24.2 Å². The summed E-state index contributed by atoms with van der Waals surface area (Å²) in [5.74, 6) is 0.271. The van der Waals surface area contributed by atoms with Crippen molar-refractivity contribution in [2.24, 2.45) is 0 Å². The smallest absolute Gasteiger partial charge is 0.258 e. The second kappa shape index (κ2) is 9.38. The minimum absolute atomic E-state index is 0.102. The monoisotopic (exact) mass is 480 g/mol. The fourth-order valence-corrected chi connectivity index (χ4v) is 5.15. The molecule has 0 bridgehead atoms. The van der Waals surface area contributed by atoms with Crippen LogP contribution in [0.1, 0.15) is 12.0 Å². The maximum absolute atomic E-state index is 12.5. The van der Waals surface area contributed by atoms with Crippen LogP contribution in [-0.2, 0) is 15.1 Å². The van der Waals surface area contributed by atoms with E-state index < -0.39 is 5.60 Å². The van der Waals surface area contributed by atoms with E-state index in [1.807, 2.05) is 29.6 Å². The summed E-state index contributed by atoms with van der Waals surface area (Å²) in [5.41, 5.74) is 1.45. The van der Waals surface area contributed by atoms with E-state index >= 15 is 0 Å². The van der Waals surface area contributed by atoms with Crippen molar-refractivity contribution in [1.29, 1.82) is 0 Å². The number of nitrogens with zero attached hydrogens (tertiary/aromatic N) is 5. The van der Waals surface area contributed by atoms with Gasteiger partial charge >= 0.3 is 0 Å². The maximum atomic E-state index is 12.5. The third-order valence-electron chi connectivity index (χ3n) is 6.35. The van der Waals surface area contributed by atoms with E-state index in [0.717, 1.165) is 41.7 Å². The minimum Gasteiger partial charge on any atom is -0.375 e. The quantitative estimate of drug-likeness (QED) is 0.553. The number of morpholine rings is 1. The van der Waals surface area contributed by atoms with Crippen molar-refractivity contribution in [3.05, 3.63) is 47.5 Å². The molecule has 0 saturated carbocycles. The van der Waals surface area contributed by atoms with Crippen LogP contribution in [0.25, 0.3) is 22.0 Å². The Kier molecular flexibility index (Phi) is 6.30. The Labute approximate surface area is 202 Å². The molecule has 10 heteroatoms. The molecule has 0 aliphatic carbocycles. The molecular weight excluding hydrogens is 452 g/mol. The van der Waals surface area contributed by atoms with Gasteiger partial charge in [-0.3, -0.25) is 4.79 Å². The zero-order valence-electron chi connectivity index (χ0n) is 19.3. The molecule has 34 heavy (non-hydrogen) atoms. The predicted octanol–water partition coefficient (Wildman–Crippen LogP) is 2.06. The number of ether oxygens (including phenoxy) is 1. The van der Waals surface area contributed by atoms with Crippen LogP contribution >= 0.6 is 11.3 Å². The predicted molar refractivity (Wildman–Crippen MR) is 130 cm³/mol. The van der Waals surface area contributed by atoms with E-state index in [-0.39, 0.29) is 12.0 Å². The van der Waals surface area contributed by atoms with Crippen LogP contribution in [0.15, 0.2) is 41.9 Å². The van der Waals surface area contributed by atoms with Crippen LogP contribution < -0.4 is 5.32 Å². The molecule has 2 aromatic heterocycles. The first-order valence-corrected chi connectivity index (χ1v) is 12.2. The maximum Gasteiger partial charge on any atom is 0.258 e. The number of nitrogens with one attached hydrogen (secondary N) is 1. The molecule has 2 aliphatic rings. The number of carbonyl (C=O) groups excluding carboxylic acids is 1. The third kappa shape index (κ3) is 4.54. The Balaban J connectivity index is 1.32. The summed E-state index contributed by atoms with van der Waals surface area (Å²) in [4.78, 5) is 30.0. The number of aliphatic hydroxyl groups is 1. The molecule has 178 valence electrons. The fraction of sp³-hybridized carbons (Fsp3) is 0.417. The summed E-state index contributed by atoms with van der Waals surface area (Å²) in [6.07, 6.45) is 2.20. The molecule has 0 radical (unpaired) electrons. The van der Waals surface area contributed by atoms with Crippen molar-refractivity contribution in [3.63, 3.8) is 0 Å². The van der Waals surface area contributed by atoms with Gasteiger partial charge in [0.15, 0.2) is 5.60 Å². The fourth-order valence-electron chi connectivity index (χ4n) is 4.34. The molecule has 4 heterocycles. The summed E-state index contributed by atoms with van der Waals surface area (Å²) >= 11 is 1.50. The van der Waals surface area contributed by atoms with Crippen LogP contribution in [0.3, 0.4) is 0 Å². The summed E-state index contributed by atoms with van der Waals surface area (Å²) in [5, 5.41) is 17.0. The molecule has 9 nitrogen and oxygen atoms in total. The van der Waals surface area contributed by atoms with Crippen molar-refractivity contribution in [3.8, 4) is 22.0 Å². The van der Waals surface area contributed by atoms with Gasteiger partial charge in [-0.05, 0) is 24.7 Å². The highest BCUT2D eigenvalue weighted by Crippen LogP contribution is 2.36. The Bertz CT molecular complexity index is 1190. The van der Waals surface area contributed by atoms with E-state index in [2.05, 4.69) is 27.2 Å². The second-order valence-electron chi connectivity index (χ2n) is 8.86. The van der Waals surface area contributed by atoms with Crippen LogP contribution in [0.4, 0.5) is 5.95 Å². The molecule has 2 unspecified atom stereocenters. The van der Waals surface area contributed by atoms with Gasteiger partial charge < -0.3 is 25.0 Å². The lowest BCUT2D eigenvalue weighted by molar-refractivity contribution is -0.143. The summed E-state index contributed by atoms with van der Waals surface area (Å²) < 4.78 is 5.79. The second-order valence-corrected chi connectivity index (χ2v) is 9.72. The lowest BCUT2D eigenvalue weighted by Gasteiger charge is -2.30. The number of carbonyl (C=O) groups is 1. The molecule has 2 N–H and O–H groups in total. The molecular formula is C24H28N6O3S. The average molecular weight is 481 g/mol. The number of amides is 1. The zero-order chi connectivity index (χ0) is 23.7. The lowest BCUT2D eigenvalue weighted by atomic mass is 9.91. The molecule has 0 spiro atoms. The van der Waals surface area contributed by atoms with Crippen molar-refractivity contribution >= 4 is 23.2 Å². The first-order valence-electron chi connectivity index (χ1n) is 11.3. The van der Waals surface area contributed by atoms with E-state index in [1.165, 1.54) is 11.3 Å². The van der Waals surface area contributed by atoms with Crippen molar-refractivity contribution in [2.75, 3.05) is 52.2 Å². The summed E-state index contributed by atoms with van der Waals surface area (Å²) in [7, 11) is 3.80. The minimum atomic E-state index is -1.48. The van der Waals surface area contributed by atoms with Gasteiger partial charge in [-0.2, -0.15) is 0 Å². The average Bonchev–Trinajstić information content (AvgIpc) is 3.45. The standard InChI is InChI=1S/C24H28N6O3S/c1-29-10-11-33-18(14-29)13-26-23-25-8-6-19(28-23)20-15-34-21(27-20)16-4-3-5-17(12-16)24(32)7-9-30(2)22(24)31/h3-6,8,12,15,18,32H,7,9-11,13-14H2,1-2H3,(H,25,26,28). The summed E-state index contributed by atoms with van der Waals surface area (Å²) in [6.45, 7) is 3.73. The van der Waals surface area contributed by atoms with Crippen molar-refractivity contribution < 1.29 is 14.6 Å². The van der Waals surface area contributed by atoms with Gasteiger partial charge in [0, 0.05) is 56.8 Å². The zero-order valence-corrected chi connectivity index (χ0v) is 20.1. The number of likely N-dealkylation sites (tertiary alicyclic amines) is 1. The van der Waals surface area contributed by atoms with Crippen LogP contribution in [-0.4, -0.2) is 88.8 Å². The number of benzene rings is 1. The highest BCUT2D eigenvalue weighted by atomic mass is 32.1.